The third-order valence-corrected chi connectivity index (χ3v) is 21.6. The molecular formula is C57H94O28. The molecule has 0 bridgehead atoms. The van der Waals surface area contributed by atoms with E-state index in [0.29, 0.717) is 49.9 Å². The lowest BCUT2D eigenvalue weighted by Gasteiger charge is -2.58. The average molecular weight is 1230 g/mol. The third-order valence-electron chi connectivity index (χ3n) is 21.6. The fourth-order valence-corrected chi connectivity index (χ4v) is 16.5. The van der Waals surface area contributed by atoms with E-state index in [4.69, 9.17) is 52.1 Å². The summed E-state index contributed by atoms with van der Waals surface area (Å²) in [5.74, 6) is -0.578. The van der Waals surface area contributed by atoms with Gasteiger partial charge < -0.3 is 139 Å². The molecular weight excluding hydrogens is 1130 g/mol. The fourth-order valence-electron chi connectivity index (χ4n) is 16.5. The molecule has 0 amide bonds. The molecule has 4 aliphatic carbocycles. The third kappa shape index (κ3) is 12.2. The zero-order valence-electron chi connectivity index (χ0n) is 48.6. The number of hydrogen-bond acceptors (Lipinski definition) is 28. The van der Waals surface area contributed by atoms with E-state index in [1.165, 1.54) is 12.5 Å². The summed E-state index contributed by atoms with van der Waals surface area (Å²) in [6, 6.07) is 0. The molecule has 10 rings (SSSR count). The topological polar surface area (TPSA) is 445 Å². The van der Waals surface area contributed by atoms with Gasteiger partial charge in [0.1, 0.15) is 116 Å². The molecule has 28 nitrogen and oxygen atoms in total. The van der Waals surface area contributed by atoms with E-state index < -0.39 is 192 Å². The second-order valence-corrected chi connectivity index (χ2v) is 26.6. The standard InChI is InChI=1S/C57H94O28/c1-21(20-75-50-42(69)38(65)35(62)30(16-58)78-50)8-13-57(74)22(2)34-29(85-57)15-28-26-7-6-24-14-25(9-11-55(24,4)27(26)10-12-56(28,34)5)77-54-49(46(73)48(33(19-61)81-54)83-53-44(71)40(67)37(64)32(18-60)80-53)84-51-45(72)41(68)47(23(3)76-51)82-52-43(70)39(66)36(63)31(17-59)79-52/h6,21-23,25-54,58-74H,7-20H2,1-5H3/t21?,22-,23+,25-,26+,27-,28-,29-,30+,31+,32+,33+,34-,35+,36+,37+,38-,39-,40-,41+,42+,43+,44+,45-,46-,47+,48+,49+,50+,51-,52?,53-,54+,55-,56-,57?/m0/s1. The van der Waals surface area contributed by atoms with Gasteiger partial charge >= 0.3 is 0 Å². The van der Waals surface area contributed by atoms with Crippen LogP contribution in [-0.4, -0.2) is 291 Å². The first-order valence-corrected chi connectivity index (χ1v) is 30.4. The monoisotopic (exact) mass is 1230 g/mol. The first-order chi connectivity index (χ1) is 40.2. The number of allylic oxidation sites excluding steroid dienone is 1. The van der Waals surface area contributed by atoms with Crippen LogP contribution in [0.15, 0.2) is 11.6 Å². The van der Waals surface area contributed by atoms with E-state index in [1.54, 1.807) is 0 Å². The van der Waals surface area contributed by atoms with Crippen molar-refractivity contribution in [1.29, 1.82) is 0 Å². The molecule has 85 heavy (non-hydrogen) atoms. The molecule has 6 aliphatic heterocycles. The number of fused-ring (bicyclic) bond motifs is 7. The molecule has 6 saturated heterocycles. The molecule has 0 aromatic rings. The second kappa shape index (κ2) is 26.3. The fraction of sp³-hybridized carbons (Fsp3) is 0.965. The van der Waals surface area contributed by atoms with Crippen molar-refractivity contribution in [3.63, 3.8) is 0 Å². The van der Waals surface area contributed by atoms with Gasteiger partial charge in [-0.2, -0.15) is 0 Å². The van der Waals surface area contributed by atoms with E-state index in [2.05, 4.69) is 26.8 Å². The quantitative estimate of drug-likeness (QED) is 0.0571. The number of rotatable bonds is 18. The molecule has 10 aliphatic rings. The van der Waals surface area contributed by atoms with Crippen LogP contribution < -0.4 is 0 Å². The largest absolute Gasteiger partial charge is 0.394 e. The maximum atomic E-state index is 12.3. The summed E-state index contributed by atoms with van der Waals surface area (Å²) in [4.78, 5) is 0. The van der Waals surface area contributed by atoms with Crippen LogP contribution in [0.2, 0.25) is 0 Å². The summed E-state index contributed by atoms with van der Waals surface area (Å²) >= 11 is 0. The molecule has 6 heterocycles. The normalized spacial score (nSPS) is 54.8. The highest BCUT2D eigenvalue weighted by Crippen LogP contribution is 2.70. The van der Waals surface area contributed by atoms with Crippen LogP contribution in [0.25, 0.3) is 0 Å². The molecule has 3 unspecified atom stereocenters. The highest BCUT2D eigenvalue weighted by Gasteiger charge is 2.68. The summed E-state index contributed by atoms with van der Waals surface area (Å²) in [5.41, 5.74) is 0.865. The smallest absolute Gasteiger partial charge is 0.187 e. The van der Waals surface area contributed by atoms with Crippen molar-refractivity contribution in [2.45, 2.75) is 264 Å². The van der Waals surface area contributed by atoms with Gasteiger partial charge in [0.05, 0.1) is 51.3 Å². The van der Waals surface area contributed by atoms with Crippen molar-refractivity contribution in [1.82, 2.24) is 0 Å². The molecule has 490 valence electrons. The van der Waals surface area contributed by atoms with Crippen molar-refractivity contribution >= 4 is 0 Å². The Morgan fingerprint density at radius 3 is 1.66 bits per heavy atom. The van der Waals surface area contributed by atoms with Crippen LogP contribution >= 0.6 is 0 Å². The summed E-state index contributed by atoms with van der Waals surface area (Å²) < 4.78 is 66.4. The Morgan fingerprint density at radius 2 is 1.07 bits per heavy atom. The van der Waals surface area contributed by atoms with Crippen LogP contribution in [-0.2, 0) is 52.1 Å². The molecule has 17 N–H and O–H groups in total. The highest BCUT2D eigenvalue weighted by molar-refractivity contribution is 5.26. The Labute approximate surface area is 492 Å². The zero-order valence-corrected chi connectivity index (χ0v) is 48.6. The van der Waals surface area contributed by atoms with Gasteiger partial charge in [-0.15, -0.1) is 0 Å². The number of hydrogen-bond donors (Lipinski definition) is 17. The van der Waals surface area contributed by atoms with Crippen molar-refractivity contribution in [2.75, 3.05) is 33.0 Å². The Bertz CT molecular complexity index is 2230. The molecule has 9 fully saturated rings. The minimum atomic E-state index is -1.97. The van der Waals surface area contributed by atoms with Gasteiger partial charge in [0, 0.05) is 12.3 Å². The molecule has 0 spiro atoms. The first-order valence-electron chi connectivity index (χ1n) is 30.4. The molecule has 36 atom stereocenters. The van der Waals surface area contributed by atoms with Gasteiger partial charge in [-0.25, -0.2) is 0 Å². The predicted molar refractivity (Wildman–Crippen MR) is 283 cm³/mol. The van der Waals surface area contributed by atoms with Crippen molar-refractivity contribution < 1.29 is 139 Å². The molecule has 3 saturated carbocycles. The SMILES string of the molecule is CC(CCC1(O)O[C@H]2C[C@H]3[C@@H]4CC=C5C[C@@H](O[C@@H]6O[C@H](CO)[C@@H](O[C@@H]7O[C@H](CO)[C@@H](O)[C@H](O)[C@H]7O)[C@H](O)[C@H]6O[C@@H]6O[C@H](C)[C@@H](OC7O[C@H](CO)[C@@H](O)[C@H](O)[C@H]7O)[C@H](O)[C@@H]6O)CC[C@]5(C)[C@H]4CC[C@]3(C)[C@H]2[C@@H]1C)CO[C@@H]1O[C@H](CO)[C@@H](O)[C@H](O)[C@H]1O. The lowest BCUT2D eigenvalue weighted by atomic mass is 9.47. The minimum Gasteiger partial charge on any atom is -0.394 e. The van der Waals surface area contributed by atoms with Crippen molar-refractivity contribution in [3.8, 4) is 0 Å². The average Bonchev–Trinajstić information content (AvgIpc) is 1.63. The van der Waals surface area contributed by atoms with Gasteiger partial charge in [0.2, 0.25) is 0 Å². The number of aliphatic hydroxyl groups excluding tert-OH is 16. The van der Waals surface area contributed by atoms with E-state index >= 15 is 0 Å². The second-order valence-electron chi connectivity index (χ2n) is 26.6. The Morgan fingerprint density at radius 1 is 0.553 bits per heavy atom. The van der Waals surface area contributed by atoms with Gasteiger partial charge in [-0.1, -0.05) is 39.3 Å². The van der Waals surface area contributed by atoms with Gasteiger partial charge in [-0.05, 0) is 98.7 Å². The molecule has 0 radical (unpaired) electrons. The Kier molecular flexibility index (Phi) is 20.6. The number of aliphatic hydroxyl groups is 17. The maximum absolute atomic E-state index is 12.3. The van der Waals surface area contributed by atoms with E-state index in [-0.39, 0.29) is 41.3 Å². The summed E-state index contributed by atoms with van der Waals surface area (Å²) in [6.07, 6.45) is -32.8. The zero-order chi connectivity index (χ0) is 61.5. The van der Waals surface area contributed by atoms with Gasteiger partial charge in [0.25, 0.3) is 0 Å². The van der Waals surface area contributed by atoms with Crippen LogP contribution in [0.4, 0.5) is 0 Å². The molecule has 28 heteroatoms. The Hall–Kier alpha value is -1.38. The van der Waals surface area contributed by atoms with Crippen molar-refractivity contribution in [2.24, 2.45) is 46.3 Å². The van der Waals surface area contributed by atoms with Crippen LogP contribution in [0.1, 0.15) is 92.4 Å². The van der Waals surface area contributed by atoms with E-state index in [1.807, 2.05) is 6.92 Å². The summed E-state index contributed by atoms with van der Waals surface area (Å²) in [7, 11) is 0. The van der Waals surface area contributed by atoms with Gasteiger partial charge in [-0.3, -0.25) is 0 Å². The highest BCUT2D eigenvalue weighted by atomic mass is 16.8. The van der Waals surface area contributed by atoms with Gasteiger partial charge in [0.15, 0.2) is 37.2 Å². The summed E-state index contributed by atoms with van der Waals surface area (Å²) in [6.45, 7) is 7.33. The predicted octanol–water partition coefficient (Wildman–Crippen LogP) is -5.18. The van der Waals surface area contributed by atoms with Crippen LogP contribution in [0, 0.1) is 46.3 Å². The Balaban J connectivity index is 0.806. The maximum Gasteiger partial charge on any atom is 0.187 e. The minimum absolute atomic E-state index is 0.107. The van der Waals surface area contributed by atoms with Crippen molar-refractivity contribution in [3.05, 3.63) is 11.6 Å². The summed E-state index contributed by atoms with van der Waals surface area (Å²) in [5, 5.41) is 182. The lowest BCUT2D eigenvalue weighted by molar-refractivity contribution is -0.396. The molecule has 0 aromatic carbocycles. The van der Waals surface area contributed by atoms with E-state index in [9.17, 15) is 86.8 Å². The molecule has 0 aromatic heterocycles. The van der Waals surface area contributed by atoms with Crippen LogP contribution in [0.5, 0.6) is 0 Å². The number of ether oxygens (including phenoxy) is 11. The lowest BCUT2D eigenvalue weighted by Crippen LogP contribution is -2.67. The van der Waals surface area contributed by atoms with E-state index in [0.717, 1.165) is 25.7 Å². The first kappa shape index (κ1) is 66.5. The van der Waals surface area contributed by atoms with Crippen LogP contribution in [0.3, 0.4) is 0 Å².